The second-order valence-electron chi connectivity index (χ2n) is 6.91. The summed E-state index contributed by atoms with van der Waals surface area (Å²) in [5, 5.41) is 5.01. The Bertz CT molecular complexity index is 994. The standard InChI is InChI=1S/C20H17F2N3O3/c21-13-7-8-16(15(22)10-13)23-17(26)11-25-18(27)20(24-19(25)28)9-3-5-12-4-1-2-6-14(12)20/h1-2,4,6-8,10H,3,5,9,11H2,(H,23,26)(H,24,28)/t20-/m1/s1. The largest absolute Gasteiger partial charge is 0.325 e. The molecule has 8 heteroatoms. The van der Waals surface area contributed by atoms with E-state index in [2.05, 4.69) is 10.6 Å². The Hall–Kier alpha value is -3.29. The number of halogens is 2. The van der Waals surface area contributed by atoms with Gasteiger partial charge in [-0.1, -0.05) is 24.3 Å². The van der Waals surface area contributed by atoms with Crippen molar-refractivity contribution in [2.45, 2.75) is 24.8 Å². The molecule has 4 rings (SSSR count). The summed E-state index contributed by atoms with van der Waals surface area (Å²) in [6, 6.07) is 9.45. The summed E-state index contributed by atoms with van der Waals surface area (Å²) in [7, 11) is 0. The molecule has 1 saturated heterocycles. The quantitative estimate of drug-likeness (QED) is 0.798. The van der Waals surface area contributed by atoms with E-state index in [-0.39, 0.29) is 5.69 Å². The number of fused-ring (bicyclic) bond motifs is 2. The summed E-state index contributed by atoms with van der Waals surface area (Å²) < 4.78 is 26.7. The molecule has 2 aliphatic rings. The third kappa shape index (κ3) is 2.90. The van der Waals surface area contributed by atoms with E-state index >= 15 is 0 Å². The number of rotatable bonds is 3. The van der Waals surface area contributed by atoms with Crippen LogP contribution in [-0.2, 0) is 21.5 Å². The normalized spacial score (nSPS) is 20.9. The second-order valence-corrected chi connectivity index (χ2v) is 6.91. The molecule has 4 amide bonds. The van der Waals surface area contributed by atoms with Gasteiger partial charge in [0.25, 0.3) is 5.91 Å². The average Bonchev–Trinajstić information content (AvgIpc) is 2.89. The van der Waals surface area contributed by atoms with Gasteiger partial charge in [-0.05, 0) is 42.5 Å². The van der Waals surface area contributed by atoms with E-state index in [1.807, 2.05) is 18.2 Å². The molecule has 2 N–H and O–H groups in total. The van der Waals surface area contributed by atoms with Crippen molar-refractivity contribution >= 4 is 23.5 Å². The van der Waals surface area contributed by atoms with Crippen LogP contribution in [0.4, 0.5) is 19.3 Å². The fourth-order valence-electron chi connectivity index (χ4n) is 3.88. The molecule has 0 aromatic heterocycles. The number of nitrogens with one attached hydrogen (secondary N) is 2. The third-order valence-corrected chi connectivity index (χ3v) is 5.16. The Balaban J connectivity index is 1.55. The van der Waals surface area contributed by atoms with Crippen molar-refractivity contribution in [2.24, 2.45) is 0 Å². The molecule has 1 aliphatic carbocycles. The molecule has 2 aromatic rings. The molecule has 6 nitrogen and oxygen atoms in total. The highest BCUT2D eigenvalue weighted by Gasteiger charge is 2.54. The van der Waals surface area contributed by atoms with Crippen molar-refractivity contribution in [3.8, 4) is 0 Å². The first-order chi connectivity index (χ1) is 13.4. The van der Waals surface area contributed by atoms with Crippen LogP contribution in [-0.4, -0.2) is 29.3 Å². The van der Waals surface area contributed by atoms with Gasteiger partial charge in [-0.3, -0.25) is 14.5 Å². The minimum Gasteiger partial charge on any atom is -0.322 e. The first-order valence-electron chi connectivity index (χ1n) is 8.88. The fraction of sp³-hybridized carbons (Fsp3) is 0.250. The van der Waals surface area contributed by atoms with Crippen LogP contribution in [0.5, 0.6) is 0 Å². The molecule has 144 valence electrons. The van der Waals surface area contributed by atoms with E-state index in [9.17, 15) is 23.2 Å². The van der Waals surface area contributed by atoms with E-state index in [4.69, 9.17) is 0 Å². The maximum absolute atomic E-state index is 13.7. The van der Waals surface area contributed by atoms with Crippen LogP contribution >= 0.6 is 0 Å². The zero-order valence-electron chi connectivity index (χ0n) is 14.8. The Morgan fingerprint density at radius 2 is 1.96 bits per heavy atom. The summed E-state index contributed by atoms with van der Waals surface area (Å²) in [4.78, 5) is 38.7. The molecule has 1 aliphatic heterocycles. The number of nitrogens with zero attached hydrogens (tertiary/aromatic N) is 1. The Morgan fingerprint density at radius 3 is 2.75 bits per heavy atom. The molecule has 2 aromatic carbocycles. The van der Waals surface area contributed by atoms with Crippen LogP contribution in [0.15, 0.2) is 42.5 Å². The van der Waals surface area contributed by atoms with Crippen molar-refractivity contribution in [3.63, 3.8) is 0 Å². The average molecular weight is 385 g/mol. The van der Waals surface area contributed by atoms with Crippen molar-refractivity contribution in [2.75, 3.05) is 11.9 Å². The molecule has 1 atom stereocenters. The number of hydrogen-bond donors (Lipinski definition) is 2. The number of urea groups is 1. The summed E-state index contributed by atoms with van der Waals surface area (Å²) >= 11 is 0. The van der Waals surface area contributed by atoms with E-state index in [0.29, 0.717) is 12.5 Å². The summed E-state index contributed by atoms with van der Waals surface area (Å²) in [5.41, 5.74) is 0.332. The number of carbonyl (C=O) groups excluding carboxylic acids is 3. The van der Waals surface area contributed by atoms with Crippen molar-refractivity contribution < 1.29 is 23.2 Å². The molecule has 28 heavy (non-hydrogen) atoms. The van der Waals surface area contributed by atoms with Crippen LogP contribution in [0.3, 0.4) is 0 Å². The number of amides is 4. The Morgan fingerprint density at radius 1 is 1.18 bits per heavy atom. The molecule has 1 fully saturated rings. The fourth-order valence-corrected chi connectivity index (χ4v) is 3.88. The second kappa shape index (κ2) is 6.70. The predicted molar refractivity (Wildman–Crippen MR) is 96.3 cm³/mol. The van der Waals surface area contributed by atoms with Crippen molar-refractivity contribution in [1.82, 2.24) is 10.2 Å². The number of carbonyl (C=O) groups is 3. The maximum Gasteiger partial charge on any atom is 0.325 e. The topological polar surface area (TPSA) is 78.5 Å². The van der Waals surface area contributed by atoms with Gasteiger partial charge in [0.15, 0.2) is 0 Å². The molecular weight excluding hydrogens is 368 g/mol. The van der Waals surface area contributed by atoms with E-state index < -0.39 is 41.6 Å². The van der Waals surface area contributed by atoms with Crippen LogP contribution < -0.4 is 10.6 Å². The molecule has 0 radical (unpaired) electrons. The first kappa shape index (κ1) is 18.1. The van der Waals surface area contributed by atoms with Crippen molar-refractivity contribution in [1.29, 1.82) is 0 Å². The minimum absolute atomic E-state index is 0.226. The highest BCUT2D eigenvalue weighted by molar-refractivity contribution is 6.10. The molecule has 0 bridgehead atoms. The molecule has 1 spiro atoms. The lowest BCUT2D eigenvalue weighted by Crippen LogP contribution is -2.47. The van der Waals surface area contributed by atoms with Gasteiger partial charge in [-0.2, -0.15) is 0 Å². The van der Waals surface area contributed by atoms with Gasteiger partial charge in [0.1, 0.15) is 23.7 Å². The summed E-state index contributed by atoms with van der Waals surface area (Å²) in [5.74, 6) is -2.97. The first-order valence-corrected chi connectivity index (χ1v) is 8.88. The van der Waals surface area contributed by atoms with Gasteiger partial charge >= 0.3 is 6.03 Å². The minimum atomic E-state index is -1.17. The smallest absolute Gasteiger partial charge is 0.322 e. The monoisotopic (exact) mass is 385 g/mol. The number of anilines is 1. The molecule has 0 unspecified atom stereocenters. The lowest BCUT2D eigenvalue weighted by Gasteiger charge is -2.33. The highest BCUT2D eigenvalue weighted by atomic mass is 19.1. The lowest BCUT2D eigenvalue weighted by atomic mass is 9.76. The van der Waals surface area contributed by atoms with Gasteiger partial charge in [0.2, 0.25) is 5.91 Å². The van der Waals surface area contributed by atoms with E-state index in [0.717, 1.165) is 41.0 Å². The summed E-state index contributed by atoms with van der Waals surface area (Å²) in [6.07, 6.45) is 1.98. The third-order valence-electron chi connectivity index (χ3n) is 5.16. The molecule has 0 saturated carbocycles. The van der Waals surface area contributed by atoms with Gasteiger partial charge in [0.05, 0.1) is 5.69 Å². The number of imide groups is 1. The Kier molecular flexibility index (Phi) is 4.33. The maximum atomic E-state index is 13.7. The van der Waals surface area contributed by atoms with Gasteiger partial charge in [0, 0.05) is 6.07 Å². The zero-order valence-corrected chi connectivity index (χ0v) is 14.8. The SMILES string of the molecule is O=C(CN1C(=O)N[C@@]2(CCCc3ccccc32)C1=O)Nc1ccc(F)cc1F. The van der Waals surface area contributed by atoms with Gasteiger partial charge in [-0.25, -0.2) is 13.6 Å². The summed E-state index contributed by atoms with van der Waals surface area (Å²) in [6.45, 7) is -0.564. The van der Waals surface area contributed by atoms with Crippen LogP contribution in [0.1, 0.15) is 24.0 Å². The van der Waals surface area contributed by atoms with Crippen LogP contribution in [0.25, 0.3) is 0 Å². The van der Waals surface area contributed by atoms with E-state index in [1.54, 1.807) is 6.07 Å². The lowest BCUT2D eigenvalue weighted by molar-refractivity contribution is -0.134. The van der Waals surface area contributed by atoms with Crippen LogP contribution in [0.2, 0.25) is 0 Å². The number of aryl methyl sites for hydroxylation is 1. The van der Waals surface area contributed by atoms with E-state index in [1.165, 1.54) is 0 Å². The number of benzene rings is 2. The highest BCUT2D eigenvalue weighted by Crippen LogP contribution is 2.39. The van der Waals surface area contributed by atoms with Crippen LogP contribution in [0, 0.1) is 11.6 Å². The predicted octanol–water partition coefficient (Wildman–Crippen LogP) is 2.69. The Labute approximate surface area is 159 Å². The molecule has 1 heterocycles. The van der Waals surface area contributed by atoms with Crippen molar-refractivity contribution in [3.05, 3.63) is 65.2 Å². The number of hydrogen-bond acceptors (Lipinski definition) is 3. The molecular formula is C20H17F2N3O3. The van der Waals surface area contributed by atoms with Gasteiger partial charge < -0.3 is 10.6 Å². The zero-order chi connectivity index (χ0) is 19.9. The van der Waals surface area contributed by atoms with Gasteiger partial charge in [-0.15, -0.1) is 0 Å².